The van der Waals surface area contributed by atoms with E-state index < -0.39 is 14.5 Å². The predicted molar refractivity (Wildman–Crippen MR) is 62.9 cm³/mol. The van der Waals surface area contributed by atoms with Gasteiger partial charge in [-0.25, -0.2) is 4.57 Å². The first-order valence-electron chi connectivity index (χ1n) is 5.82. The van der Waals surface area contributed by atoms with Crippen LogP contribution in [0, 0.1) is 0 Å². The Morgan fingerprint density at radius 3 is 2.28 bits per heavy atom. The van der Waals surface area contributed by atoms with Gasteiger partial charge in [0, 0.05) is 6.16 Å². The SMILES string of the molecule is CCCCn1cc[n+]2c1P2(=O)CC.F[B-](F)(F)F. The molecule has 9 heteroatoms. The molecule has 0 amide bonds. The maximum absolute atomic E-state index is 12.0. The zero-order valence-corrected chi connectivity index (χ0v) is 11.2. The highest BCUT2D eigenvalue weighted by atomic mass is 31.2. The van der Waals surface area contributed by atoms with Crippen LogP contribution in [0.5, 0.6) is 0 Å². The molecule has 1 aromatic rings. The Balaban J connectivity index is 0.000000280. The van der Waals surface area contributed by atoms with E-state index in [0.717, 1.165) is 18.3 Å². The summed E-state index contributed by atoms with van der Waals surface area (Å²) in [6, 6.07) is 0. The highest BCUT2D eigenvalue weighted by Gasteiger charge is 2.58. The monoisotopic (exact) mass is 286 g/mol. The summed E-state index contributed by atoms with van der Waals surface area (Å²) in [5.74, 6) is 0. The van der Waals surface area contributed by atoms with Crippen molar-refractivity contribution in [3.8, 4) is 0 Å². The third-order valence-electron chi connectivity index (χ3n) is 2.65. The summed E-state index contributed by atoms with van der Waals surface area (Å²) in [5.41, 5.74) is 1.07. The molecule has 2 heterocycles. The fraction of sp³-hybridized carbons (Fsp3) is 0.667. The zero-order valence-electron chi connectivity index (χ0n) is 10.3. The Hall–Kier alpha value is -0.775. The minimum absolute atomic E-state index is 0.773. The molecule has 0 spiro atoms. The van der Waals surface area contributed by atoms with Crippen LogP contribution >= 0.6 is 7.29 Å². The van der Waals surface area contributed by atoms with Gasteiger partial charge >= 0.3 is 20.1 Å². The van der Waals surface area contributed by atoms with Gasteiger partial charge in [-0.15, -0.1) is 0 Å². The van der Waals surface area contributed by atoms with Crippen molar-refractivity contribution in [3.05, 3.63) is 12.4 Å². The lowest BCUT2D eigenvalue weighted by atomic mass is 10.3. The fourth-order valence-electron chi connectivity index (χ4n) is 1.75. The van der Waals surface area contributed by atoms with Crippen LogP contribution in [-0.4, -0.2) is 18.0 Å². The number of halogens is 4. The number of aryl methyl sites for hydroxylation is 1. The van der Waals surface area contributed by atoms with Crippen molar-refractivity contribution >= 4 is 20.1 Å². The van der Waals surface area contributed by atoms with Crippen molar-refractivity contribution < 1.29 is 26.2 Å². The van der Waals surface area contributed by atoms with E-state index >= 15 is 0 Å². The summed E-state index contributed by atoms with van der Waals surface area (Å²) >= 11 is 0. The van der Waals surface area contributed by atoms with E-state index in [1.807, 2.05) is 23.7 Å². The Kier molecular flexibility index (Phi) is 4.64. The number of hydrogen-bond acceptors (Lipinski definition) is 1. The molecule has 0 bridgehead atoms. The quantitative estimate of drug-likeness (QED) is 0.474. The van der Waals surface area contributed by atoms with Gasteiger partial charge in [0.15, 0.2) is 0 Å². The molecule has 3 nitrogen and oxygen atoms in total. The molecule has 0 aromatic carbocycles. The maximum atomic E-state index is 12.0. The molecule has 0 saturated carbocycles. The fourth-order valence-corrected chi connectivity index (χ4v) is 4.14. The van der Waals surface area contributed by atoms with Gasteiger partial charge < -0.3 is 17.3 Å². The number of unbranched alkanes of at least 4 members (excludes halogenated alkanes) is 1. The highest BCUT2D eigenvalue weighted by Crippen LogP contribution is 2.47. The number of fused-ring (bicyclic) bond motifs is 1. The molecule has 0 saturated heterocycles. The smallest absolute Gasteiger partial charge is 0.418 e. The molecular weight excluding hydrogens is 270 g/mol. The number of hydrogen-bond donors (Lipinski definition) is 0. The Morgan fingerprint density at radius 2 is 1.89 bits per heavy atom. The molecule has 0 N–H and O–H groups in total. The van der Waals surface area contributed by atoms with Gasteiger partial charge in [-0.05, 0) is 6.42 Å². The predicted octanol–water partition coefficient (Wildman–Crippen LogP) is 2.66. The summed E-state index contributed by atoms with van der Waals surface area (Å²) < 4.78 is 55.1. The third-order valence-corrected chi connectivity index (χ3v) is 5.44. The average molecular weight is 286 g/mol. The maximum Gasteiger partial charge on any atom is 0.673 e. The number of nitrogens with zero attached hydrogens (tertiary/aromatic N) is 2. The van der Waals surface area contributed by atoms with Crippen LogP contribution < -0.4 is 9.90 Å². The molecule has 1 atom stereocenters. The van der Waals surface area contributed by atoms with Crippen LogP contribution in [0.2, 0.25) is 0 Å². The molecule has 0 radical (unpaired) electrons. The second-order valence-corrected chi connectivity index (χ2v) is 6.87. The first-order chi connectivity index (χ1) is 8.24. The normalized spacial score (nSPS) is 21.0. The summed E-state index contributed by atoms with van der Waals surface area (Å²) in [5, 5.41) is 0. The second-order valence-electron chi connectivity index (χ2n) is 4.00. The molecule has 104 valence electrons. The molecule has 0 aliphatic carbocycles. The van der Waals surface area contributed by atoms with Gasteiger partial charge in [-0.3, -0.25) is 4.57 Å². The van der Waals surface area contributed by atoms with E-state index in [-0.39, 0.29) is 0 Å². The van der Waals surface area contributed by atoms with E-state index in [0.29, 0.717) is 0 Å². The van der Waals surface area contributed by atoms with Crippen molar-refractivity contribution in [2.45, 2.75) is 33.2 Å². The summed E-state index contributed by atoms with van der Waals surface area (Å²) in [4.78, 5) is 0. The van der Waals surface area contributed by atoms with Crippen molar-refractivity contribution in [3.63, 3.8) is 0 Å². The van der Waals surface area contributed by atoms with Gasteiger partial charge in [0.05, 0.1) is 6.54 Å². The van der Waals surface area contributed by atoms with Gasteiger partial charge in [-0.1, -0.05) is 20.3 Å². The van der Waals surface area contributed by atoms with Crippen LogP contribution in [0.4, 0.5) is 17.3 Å². The lowest BCUT2D eigenvalue weighted by Gasteiger charge is -1.94. The van der Waals surface area contributed by atoms with Gasteiger partial charge in [0.1, 0.15) is 12.4 Å². The van der Waals surface area contributed by atoms with Crippen molar-refractivity contribution in [2.24, 2.45) is 0 Å². The Morgan fingerprint density at radius 1 is 1.33 bits per heavy atom. The zero-order chi connectivity index (χ0) is 14.0. The van der Waals surface area contributed by atoms with Crippen LogP contribution in [0.3, 0.4) is 0 Å². The summed E-state index contributed by atoms with van der Waals surface area (Å²) in [6.45, 7) is 5.19. The van der Waals surface area contributed by atoms with Crippen LogP contribution in [-0.2, 0) is 11.1 Å². The summed E-state index contributed by atoms with van der Waals surface area (Å²) in [7, 11) is -8.02. The molecule has 1 aliphatic heterocycles. The number of aromatic nitrogens is 2. The minimum Gasteiger partial charge on any atom is -0.418 e. The topological polar surface area (TPSA) is 25.9 Å². The first kappa shape index (κ1) is 15.3. The first-order valence-corrected chi connectivity index (χ1v) is 7.67. The molecule has 1 aromatic heterocycles. The number of rotatable bonds is 4. The van der Waals surface area contributed by atoms with Crippen LogP contribution in [0.1, 0.15) is 26.7 Å². The van der Waals surface area contributed by atoms with Gasteiger partial charge in [0.2, 0.25) is 0 Å². The van der Waals surface area contributed by atoms with E-state index in [4.69, 9.17) is 0 Å². The molecular formula is C9H16BF4N2OP. The standard InChI is InChI=1S/C9H16N2OP.BF4/c1-3-5-6-10-7-8-11-9(10)13(11,12)4-2;2-1(3,4)5/h7-8H,3-6H2,1-2H3;/q+1;-1. The van der Waals surface area contributed by atoms with E-state index in [9.17, 15) is 21.8 Å². The van der Waals surface area contributed by atoms with Crippen molar-refractivity contribution in [1.29, 1.82) is 0 Å². The third kappa shape index (κ3) is 3.61. The molecule has 0 fully saturated rings. The molecule has 18 heavy (non-hydrogen) atoms. The van der Waals surface area contributed by atoms with E-state index in [1.54, 1.807) is 0 Å². The second kappa shape index (κ2) is 5.47. The highest BCUT2D eigenvalue weighted by molar-refractivity contribution is 7.69. The molecule has 1 unspecified atom stereocenters. The van der Waals surface area contributed by atoms with Crippen molar-refractivity contribution in [1.82, 2.24) is 4.57 Å². The van der Waals surface area contributed by atoms with E-state index in [1.165, 1.54) is 12.8 Å². The van der Waals surface area contributed by atoms with Crippen LogP contribution in [0.15, 0.2) is 12.4 Å². The van der Waals surface area contributed by atoms with Gasteiger partial charge in [0.25, 0.3) is 0 Å². The minimum atomic E-state index is -6.00. The van der Waals surface area contributed by atoms with E-state index in [2.05, 4.69) is 11.5 Å². The average Bonchev–Trinajstić information content (AvgIpc) is 2.65. The van der Waals surface area contributed by atoms with Crippen molar-refractivity contribution in [2.75, 3.05) is 6.16 Å². The molecule has 1 aliphatic rings. The van der Waals surface area contributed by atoms with Crippen LogP contribution in [0.25, 0.3) is 0 Å². The molecule has 2 rings (SSSR count). The lowest BCUT2D eigenvalue weighted by Crippen LogP contribution is -2.12. The summed E-state index contributed by atoms with van der Waals surface area (Å²) in [6.07, 6.45) is 7.13. The Labute approximate surface area is 103 Å². The van der Waals surface area contributed by atoms with Gasteiger partial charge in [-0.2, -0.15) is 4.34 Å². The number of imidazole rings is 1. The lowest BCUT2D eigenvalue weighted by molar-refractivity contribution is -0.442. The Bertz CT molecular complexity index is 454. The largest absolute Gasteiger partial charge is 0.673 e.